The molecule has 2 saturated carbocycles. The third-order valence-electron chi connectivity index (χ3n) is 21.8. The minimum absolute atomic E-state index is 0.00586. The van der Waals surface area contributed by atoms with Gasteiger partial charge in [0.1, 0.15) is 51.1 Å². The van der Waals surface area contributed by atoms with E-state index in [4.69, 9.17) is 9.47 Å². The summed E-state index contributed by atoms with van der Waals surface area (Å²) in [4.78, 5) is 71.5. The Labute approximate surface area is 386 Å². The Balaban J connectivity index is 1.13. The van der Waals surface area contributed by atoms with Gasteiger partial charge in [-0.3, -0.25) is 19.2 Å². The lowest BCUT2D eigenvalue weighted by Crippen LogP contribution is -3.10. The third-order valence-corrected chi connectivity index (χ3v) is 21.8. The summed E-state index contributed by atoms with van der Waals surface area (Å²) in [6, 6.07) is 2.61. The number of hydrogen-bond acceptors (Lipinski definition) is 7. The Morgan fingerprint density at radius 2 is 1.50 bits per heavy atom. The third kappa shape index (κ3) is 3.59. The van der Waals surface area contributed by atoms with Gasteiger partial charge in [-0.1, -0.05) is 27.7 Å². The van der Waals surface area contributed by atoms with Gasteiger partial charge in [-0.15, -0.1) is 0 Å². The van der Waals surface area contributed by atoms with Crippen molar-refractivity contribution in [3.05, 3.63) is 68.9 Å². The number of amides is 3. The monoisotopic (exact) mass is 893 g/mol. The fourth-order valence-corrected chi connectivity index (χ4v) is 20.1. The molecule has 12 nitrogen and oxygen atoms in total. The molecule has 4 bridgehead atoms. The highest BCUT2D eigenvalue weighted by atomic mass is 16.5. The van der Waals surface area contributed by atoms with Crippen LogP contribution < -0.4 is 9.80 Å². The summed E-state index contributed by atoms with van der Waals surface area (Å²) >= 11 is 0. The molecule has 15 aliphatic rings. The Hall–Kier alpha value is -4.42. The molecule has 2 aromatic rings. The number of benzene rings is 1. The van der Waals surface area contributed by atoms with Gasteiger partial charge in [0.2, 0.25) is 17.7 Å². The number of quaternary nitrogens is 1. The molecule has 66 heavy (non-hydrogen) atoms. The number of nitrogens with one attached hydrogen (secondary N) is 1. The number of ether oxygens (including phenoxy) is 2. The second-order valence-electron chi connectivity index (χ2n) is 25.8. The van der Waals surface area contributed by atoms with Gasteiger partial charge >= 0.3 is 0 Å². The normalized spacial score (nSPS) is 44.1. The van der Waals surface area contributed by atoms with Crippen LogP contribution in [0.25, 0.3) is 5.57 Å². The lowest BCUT2D eigenvalue weighted by molar-refractivity contribution is -0.819. The molecule has 10 fully saturated rings. The van der Waals surface area contributed by atoms with Crippen LogP contribution >= 0.6 is 0 Å². The topological polar surface area (TPSA) is 129 Å². The van der Waals surface area contributed by atoms with E-state index in [-0.39, 0.29) is 46.8 Å². The van der Waals surface area contributed by atoms with Crippen molar-refractivity contribution in [2.24, 2.45) is 29.7 Å². The van der Waals surface area contributed by atoms with Crippen molar-refractivity contribution in [3.8, 4) is 5.75 Å². The van der Waals surface area contributed by atoms with Gasteiger partial charge in [0.05, 0.1) is 28.1 Å². The SMILES string of the molecule is Cn1c2c(c3c1C(C)(C)C1CC45CCCN4C(=O)[C@]14C3C13c6ccc7c(c6[NH+]([O-])[C@H]1C(C)(C)[C@@H]1C[C@]68CCCN6C(=O)C1(CC8=O)C3N4C5=O)CCC(C)(C)O7)CCC1=C2C=CC(C)(C)O1. The second-order valence-corrected chi connectivity index (χ2v) is 25.8. The number of hydrogen-bond donors (Lipinski definition) is 1. The molecule has 1 aromatic heterocycles. The number of aromatic nitrogens is 1. The van der Waals surface area contributed by atoms with Gasteiger partial charge in [0.15, 0.2) is 5.78 Å². The molecule has 5 spiro atoms. The summed E-state index contributed by atoms with van der Waals surface area (Å²) in [6.07, 6.45) is 10.8. The van der Waals surface area contributed by atoms with E-state index in [1.165, 1.54) is 0 Å². The molecule has 7 unspecified atom stereocenters. The van der Waals surface area contributed by atoms with Crippen molar-refractivity contribution >= 4 is 34.8 Å². The number of piperidine rings is 4. The molecule has 0 radical (unpaired) electrons. The first kappa shape index (κ1) is 39.6. The predicted molar refractivity (Wildman–Crippen MR) is 242 cm³/mol. The van der Waals surface area contributed by atoms with Crippen LogP contribution in [0.5, 0.6) is 5.75 Å². The van der Waals surface area contributed by atoms with Gasteiger partial charge in [-0.05, 0) is 127 Å². The zero-order valence-corrected chi connectivity index (χ0v) is 40.0. The molecule has 1 N–H and O–H groups in total. The van der Waals surface area contributed by atoms with Crippen LogP contribution in [-0.2, 0) is 54.6 Å². The smallest absolute Gasteiger partial charge is 0.250 e. The molecule has 11 aliphatic heterocycles. The average Bonchev–Trinajstić information content (AvgIpc) is 4.05. The summed E-state index contributed by atoms with van der Waals surface area (Å²) in [7, 11) is 2.19. The molecule has 12 heteroatoms. The van der Waals surface area contributed by atoms with E-state index >= 15 is 24.4 Å². The maximum absolute atomic E-state index is 16.9. The first-order chi connectivity index (χ1) is 31.1. The van der Waals surface area contributed by atoms with Crippen molar-refractivity contribution in [3.63, 3.8) is 0 Å². The van der Waals surface area contributed by atoms with Crippen LogP contribution in [-0.4, -0.2) is 95.8 Å². The van der Waals surface area contributed by atoms with E-state index in [1.54, 1.807) is 0 Å². The fourth-order valence-electron chi connectivity index (χ4n) is 20.1. The lowest BCUT2D eigenvalue weighted by Gasteiger charge is -2.72. The van der Waals surface area contributed by atoms with Crippen molar-refractivity contribution in [2.75, 3.05) is 13.1 Å². The molecular weight excluding hydrogens is 831 g/mol. The minimum Gasteiger partial charge on any atom is -0.629 e. The Bertz CT molecular complexity index is 2880. The summed E-state index contributed by atoms with van der Waals surface area (Å²) < 4.78 is 15.9. The van der Waals surface area contributed by atoms with Crippen molar-refractivity contribution in [1.29, 1.82) is 0 Å². The number of allylic oxidation sites excluding steroid dienone is 3. The minimum atomic E-state index is -1.41. The van der Waals surface area contributed by atoms with Gasteiger partial charge in [-0.2, -0.15) is 0 Å². The number of Topliss-reactive ketones (excluding diaryl/α,β-unsaturated/α-hetero) is 1. The van der Waals surface area contributed by atoms with E-state index in [9.17, 15) is 0 Å². The highest BCUT2D eigenvalue weighted by Gasteiger charge is 2.95. The fraction of sp³-hybridized carbons (Fsp3) is 0.667. The summed E-state index contributed by atoms with van der Waals surface area (Å²) in [6.45, 7) is 18.5. The number of ketones is 1. The Kier molecular flexibility index (Phi) is 6.52. The lowest BCUT2D eigenvalue weighted by atomic mass is 9.35. The molecule has 346 valence electrons. The number of carbonyl (C=O) groups excluding carboxylic acids is 4. The van der Waals surface area contributed by atoms with E-state index in [2.05, 4.69) is 96.2 Å². The number of fused-ring (bicyclic) bond motifs is 9. The number of rotatable bonds is 0. The molecular formula is C54H63N5O7. The van der Waals surface area contributed by atoms with E-state index in [0.717, 1.165) is 70.0 Å². The average molecular weight is 894 g/mol. The number of nitrogens with zero attached hydrogens (tertiary/aromatic N) is 4. The van der Waals surface area contributed by atoms with Crippen LogP contribution in [0.3, 0.4) is 0 Å². The molecule has 3 amide bonds. The van der Waals surface area contributed by atoms with Gasteiger partial charge in [0, 0.05) is 72.5 Å². The first-order valence-electron chi connectivity index (χ1n) is 25.4. The standard InChI is InChI=1S/C54H63N5O7/c1-46(2)20-16-27-31(65-46)14-12-29-36-39-53-30-13-15-32-28(17-21-47(3,4)66-32)38(30)59(64)41(53)49(7,8)33-24-50-18-10-22-56(50)44(62)52(33,26-35(50)60)42(53)58-43(61)51-19-11-23-57(51)45(63)54(39,58)34(25-51)48(5,6)40(36)55(9)37(27)29/h13,15-16,20,33-34,39,41-42,59H,10-12,14,17-19,21-26H2,1-9H3/t33-,34?,39?,41-,42?,50-,51?,52?,53?,54+/m0/s1. The number of piperazine rings is 1. The Morgan fingerprint density at radius 1 is 0.788 bits per heavy atom. The van der Waals surface area contributed by atoms with Gasteiger partial charge in [0.25, 0.3) is 0 Å². The van der Waals surface area contributed by atoms with E-state index in [1.807, 2.05) is 9.80 Å². The summed E-state index contributed by atoms with van der Waals surface area (Å²) in [5.41, 5.74) is -0.233. The largest absolute Gasteiger partial charge is 0.629 e. The van der Waals surface area contributed by atoms with Gasteiger partial charge in [-0.25, -0.2) is 0 Å². The van der Waals surface area contributed by atoms with Crippen molar-refractivity contribution in [1.82, 2.24) is 19.3 Å². The maximum atomic E-state index is 16.9. The zero-order chi connectivity index (χ0) is 45.8. The van der Waals surface area contributed by atoms with Crippen molar-refractivity contribution < 1.29 is 33.7 Å². The zero-order valence-electron chi connectivity index (χ0n) is 40.0. The second kappa shape index (κ2) is 10.9. The molecule has 17 rings (SSSR count). The van der Waals surface area contributed by atoms with Gasteiger partial charge < -0.3 is 39.0 Å². The van der Waals surface area contributed by atoms with E-state index < -0.39 is 67.5 Å². The summed E-state index contributed by atoms with van der Waals surface area (Å²) in [5.74, 6) is 0.334. The highest BCUT2D eigenvalue weighted by Crippen LogP contribution is 2.83. The molecule has 12 heterocycles. The highest BCUT2D eigenvalue weighted by molar-refractivity contribution is 6.10. The van der Waals surface area contributed by atoms with Crippen LogP contribution in [0.1, 0.15) is 153 Å². The number of carbonyl (C=O) groups is 4. The van der Waals surface area contributed by atoms with Crippen LogP contribution in [0.4, 0.5) is 5.69 Å². The molecule has 1 aromatic carbocycles. The quantitative estimate of drug-likeness (QED) is 0.342. The maximum Gasteiger partial charge on any atom is 0.250 e. The van der Waals surface area contributed by atoms with Crippen molar-refractivity contribution in [2.45, 2.75) is 183 Å². The predicted octanol–water partition coefficient (Wildman–Crippen LogP) is 5.58. The molecule has 11 atom stereocenters. The van der Waals surface area contributed by atoms with E-state index in [0.29, 0.717) is 63.7 Å². The molecule has 4 aliphatic carbocycles. The number of hydroxylamine groups is 1. The summed E-state index contributed by atoms with van der Waals surface area (Å²) in [5, 5.41) is 16.8. The first-order valence-corrected chi connectivity index (χ1v) is 25.4. The van der Waals surface area contributed by atoms with Crippen LogP contribution in [0.2, 0.25) is 0 Å². The van der Waals surface area contributed by atoms with Crippen LogP contribution in [0.15, 0.2) is 30.0 Å². The van der Waals surface area contributed by atoms with Crippen LogP contribution in [0, 0.1) is 27.9 Å². The molecule has 8 saturated heterocycles. The Morgan fingerprint density at radius 3 is 2.26 bits per heavy atom.